The highest BCUT2D eigenvalue weighted by Crippen LogP contribution is 2.33. The monoisotopic (exact) mass is 576 g/mol. The van der Waals surface area contributed by atoms with Gasteiger partial charge in [-0.25, -0.2) is 9.97 Å². The Morgan fingerprint density at radius 1 is 1.16 bits per heavy atom. The Morgan fingerprint density at radius 3 is 2.50 bits per heavy atom. The molecule has 1 amide bonds. The lowest BCUT2D eigenvalue weighted by Gasteiger charge is -2.20. The van der Waals surface area contributed by atoms with Gasteiger partial charge in [-0.1, -0.05) is 42.3 Å². The van der Waals surface area contributed by atoms with E-state index in [1.54, 1.807) is 44.4 Å². The van der Waals surface area contributed by atoms with E-state index in [0.717, 1.165) is 29.2 Å². The third-order valence-electron chi connectivity index (χ3n) is 5.47. The number of hydrogen-bond acceptors (Lipinski definition) is 6. The molecule has 0 aliphatic carbocycles. The van der Waals surface area contributed by atoms with E-state index >= 15 is 0 Å². The number of carbonyl (C=O) groups excluding carboxylic acids is 1. The number of amides is 1. The van der Waals surface area contributed by atoms with Crippen LogP contribution < -0.4 is 15.4 Å². The van der Waals surface area contributed by atoms with Gasteiger partial charge in [0.05, 0.1) is 10.7 Å². The van der Waals surface area contributed by atoms with Crippen LogP contribution >= 0.6 is 23.2 Å². The molecule has 7 nitrogen and oxygen atoms in total. The van der Waals surface area contributed by atoms with E-state index < -0.39 is 15.5 Å². The summed E-state index contributed by atoms with van der Waals surface area (Å²) in [6.45, 7) is 9.93. The number of aromatic nitrogens is 2. The molecule has 1 unspecified atom stereocenters. The zero-order valence-corrected chi connectivity index (χ0v) is 24.8. The molecular formula is C28H34Cl2N4O3S. The zero-order chi connectivity index (χ0) is 28.3. The Hall–Kier alpha value is -2.94. The number of nitrogens with one attached hydrogen (secondary N) is 2. The molecule has 0 bridgehead atoms. The van der Waals surface area contributed by atoms with Crippen molar-refractivity contribution in [1.29, 1.82) is 0 Å². The van der Waals surface area contributed by atoms with Crippen molar-refractivity contribution in [3.63, 3.8) is 0 Å². The van der Waals surface area contributed by atoms with Crippen LogP contribution in [0.4, 0.5) is 11.5 Å². The Labute approximate surface area is 237 Å². The molecule has 0 radical (unpaired) electrons. The molecule has 1 heterocycles. The first-order valence-electron chi connectivity index (χ1n) is 12.1. The Balaban J connectivity index is 0.000000358. The van der Waals surface area contributed by atoms with Gasteiger partial charge >= 0.3 is 0 Å². The third-order valence-corrected chi connectivity index (χ3v) is 7.62. The highest BCUT2D eigenvalue weighted by atomic mass is 35.5. The maximum absolute atomic E-state index is 11.4. The molecule has 1 atom stereocenters. The molecule has 2 aromatic carbocycles. The van der Waals surface area contributed by atoms with E-state index in [0.29, 0.717) is 28.1 Å². The maximum atomic E-state index is 11.4. The second-order valence-electron chi connectivity index (χ2n) is 8.78. The number of carbonyl (C=O) groups is 1. The quantitative estimate of drug-likeness (QED) is 0.277. The number of nitrogens with zero attached hydrogens (tertiary/aromatic N) is 2. The first-order chi connectivity index (χ1) is 18.0. The predicted octanol–water partition coefficient (Wildman–Crippen LogP) is 7.33. The second kappa shape index (κ2) is 14.9. The minimum absolute atomic E-state index is 0.134. The molecule has 0 aliphatic rings. The molecule has 0 saturated heterocycles. The first-order valence-corrected chi connectivity index (χ1v) is 14.4. The predicted molar refractivity (Wildman–Crippen MR) is 159 cm³/mol. The second-order valence-corrected chi connectivity index (χ2v) is 11.6. The van der Waals surface area contributed by atoms with Crippen molar-refractivity contribution in [3.8, 4) is 11.5 Å². The van der Waals surface area contributed by atoms with Gasteiger partial charge < -0.3 is 15.4 Å². The number of allylic oxidation sites excluding steroid dienone is 1. The van der Waals surface area contributed by atoms with Gasteiger partial charge in [0.25, 0.3) is 0 Å². The fourth-order valence-electron chi connectivity index (χ4n) is 2.95. The molecule has 0 fully saturated rings. The van der Waals surface area contributed by atoms with Crippen LogP contribution in [0.25, 0.3) is 6.08 Å². The molecule has 3 aromatic rings. The summed E-state index contributed by atoms with van der Waals surface area (Å²) in [6, 6.07) is 12.6. The molecule has 10 heteroatoms. The van der Waals surface area contributed by atoms with Crippen molar-refractivity contribution < 1.29 is 13.7 Å². The van der Waals surface area contributed by atoms with E-state index in [4.69, 9.17) is 27.9 Å². The van der Waals surface area contributed by atoms with Crippen molar-refractivity contribution >= 4 is 57.5 Å². The molecule has 0 spiro atoms. The lowest BCUT2D eigenvalue weighted by atomic mass is 10.2. The van der Waals surface area contributed by atoms with E-state index in [9.17, 15) is 9.00 Å². The molecule has 204 valence electrons. The van der Waals surface area contributed by atoms with Gasteiger partial charge in [-0.15, -0.1) is 0 Å². The summed E-state index contributed by atoms with van der Waals surface area (Å²) in [5.41, 5.74) is 2.64. The van der Waals surface area contributed by atoms with Crippen molar-refractivity contribution in [2.75, 3.05) is 18.1 Å². The SMILES string of the molecule is C/C=C\c1ncnc(Nc2ccc(Oc3cccc(Cl)c3)c(Cl)c2)c1C.CCCNC(=O)C(C)(C)S(C)=O. The lowest BCUT2D eigenvalue weighted by Crippen LogP contribution is -2.45. The Morgan fingerprint density at radius 2 is 1.89 bits per heavy atom. The molecule has 2 N–H and O–H groups in total. The fraction of sp³-hybridized carbons (Fsp3) is 0.321. The molecule has 38 heavy (non-hydrogen) atoms. The summed E-state index contributed by atoms with van der Waals surface area (Å²) < 4.78 is 16.1. The van der Waals surface area contributed by atoms with Crippen LogP contribution in [0, 0.1) is 6.92 Å². The van der Waals surface area contributed by atoms with E-state index in [2.05, 4.69) is 20.6 Å². The number of rotatable bonds is 9. The number of anilines is 2. The van der Waals surface area contributed by atoms with E-state index in [-0.39, 0.29) is 5.91 Å². The van der Waals surface area contributed by atoms with Crippen molar-refractivity contribution in [1.82, 2.24) is 15.3 Å². The minimum Gasteiger partial charge on any atom is -0.456 e. The molecule has 3 rings (SSSR count). The highest BCUT2D eigenvalue weighted by molar-refractivity contribution is 7.86. The zero-order valence-electron chi connectivity index (χ0n) is 22.5. The van der Waals surface area contributed by atoms with Gasteiger partial charge in [-0.3, -0.25) is 9.00 Å². The summed E-state index contributed by atoms with van der Waals surface area (Å²) in [5, 5.41) is 7.07. The van der Waals surface area contributed by atoms with Crippen molar-refractivity contribution in [3.05, 3.63) is 76.2 Å². The van der Waals surface area contributed by atoms with Gasteiger partial charge in [-0.05, 0) is 76.6 Å². The van der Waals surface area contributed by atoms with E-state index in [1.807, 2.05) is 51.1 Å². The standard InChI is InChI=1S/C20H17Cl2N3O.C8H17NO2S/c1-3-5-18-13(2)20(24-12-23-18)25-15-8-9-19(17(22)11-15)26-16-7-4-6-14(21)10-16;1-5-6-9-7(10)8(2,3)12(4)11/h3-12H,1-2H3,(H,23,24,25);5-6H2,1-4H3,(H,9,10)/b5-3-;. The van der Waals surface area contributed by atoms with Crippen LogP contribution in [0.15, 0.2) is 54.9 Å². The molecule has 1 aromatic heterocycles. The van der Waals surface area contributed by atoms with Gasteiger partial charge in [0.15, 0.2) is 0 Å². The number of halogens is 2. The average Bonchev–Trinajstić information content (AvgIpc) is 2.87. The summed E-state index contributed by atoms with van der Waals surface area (Å²) in [6.07, 6.45) is 7.86. The van der Waals surface area contributed by atoms with Crippen LogP contribution in [-0.2, 0) is 15.6 Å². The fourth-order valence-corrected chi connectivity index (χ4v) is 3.69. The highest BCUT2D eigenvalue weighted by Gasteiger charge is 2.31. The topological polar surface area (TPSA) is 93.2 Å². The van der Waals surface area contributed by atoms with Gasteiger partial charge in [0.2, 0.25) is 5.91 Å². The third kappa shape index (κ3) is 9.11. The first kappa shape index (κ1) is 31.3. The number of benzene rings is 2. The van der Waals surface area contributed by atoms with Crippen LogP contribution in [0.3, 0.4) is 0 Å². The van der Waals surface area contributed by atoms with Gasteiger partial charge in [0.1, 0.15) is 28.4 Å². The lowest BCUT2D eigenvalue weighted by molar-refractivity contribution is -0.122. The maximum Gasteiger partial charge on any atom is 0.238 e. The van der Waals surface area contributed by atoms with Crippen molar-refractivity contribution in [2.45, 2.75) is 45.8 Å². The normalized spacial score (nSPS) is 11.9. The molecule has 0 saturated carbocycles. The Kier molecular flexibility index (Phi) is 12.2. The van der Waals surface area contributed by atoms with Crippen LogP contribution in [0.5, 0.6) is 11.5 Å². The minimum atomic E-state index is -1.12. The van der Waals surface area contributed by atoms with E-state index in [1.165, 1.54) is 6.33 Å². The van der Waals surface area contributed by atoms with Crippen LogP contribution in [0.2, 0.25) is 10.0 Å². The summed E-state index contributed by atoms with van der Waals surface area (Å²) >= 11 is 12.3. The average molecular weight is 578 g/mol. The van der Waals surface area contributed by atoms with Gasteiger partial charge in [-0.2, -0.15) is 0 Å². The van der Waals surface area contributed by atoms with Crippen LogP contribution in [-0.4, -0.2) is 37.6 Å². The largest absolute Gasteiger partial charge is 0.456 e. The smallest absolute Gasteiger partial charge is 0.238 e. The molecule has 0 aliphatic heterocycles. The summed E-state index contributed by atoms with van der Waals surface area (Å²) in [5.74, 6) is 1.77. The number of ether oxygens (including phenoxy) is 1. The van der Waals surface area contributed by atoms with Crippen molar-refractivity contribution in [2.24, 2.45) is 0 Å². The Bertz CT molecular complexity index is 1300. The molecular weight excluding hydrogens is 543 g/mol. The number of hydrogen-bond donors (Lipinski definition) is 2. The summed E-state index contributed by atoms with van der Waals surface area (Å²) in [4.78, 5) is 19.9. The van der Waals surface area contributed by atoms with Crippen LogP contribution in [0.1, 0.15) is 45.4 Å². The summed E-state index contributed by atoms with van der Waals surface area (Å²) in [7, 11) is -1.12. The van der Waals surface area contributed by atoms with Gasteiger partial charge in [0, 0.05) is 39.9 Å².